The van der Waals surface area contributed by atoms with Crippen LogP contribution in [0, 0.1) is 5.92 Å². The van der Waals surface area contributed by atoms with E-state index in [2.05, 4.69) is 10.5 Å². The molecule has 0 aliphatic heterocycles. The smallest absolute Gasteiger partial charge is 0.273 e. The molecule has 100 valence electrons. The summed E-state index contributed by atoms with van der Waals surface area (Å²) < 4.78 is 5.09. The molecule has 0 atom stereocenters. The Morgan fingerprint density at radius 3 is 2.84 bits per heavy atom. The first-order valence-corrected chi connectivity index (χ1v) is 6.11. The van der Waals surface area contributed by atoms with Crippen LogP contribution in [-0.2, 0) is 0 Å². The van der Waals surface area contributed by atoms with Gasteiger partial charge in [-0.2, -0.15) is 0 Å². The molecule has 1 heterocycles. The van der Waals surface area contributed by atoms with Crippen molar-refractivity contribution in [2.45, 2.75) is 13.8 Å². The summed E-state index contributed by atoms with van der Waals surface area (Å²) in [5.74, 6) is 0.549. The van der Waals surface area contributed by atoms with Crippen LogP contribution in [0.3, 0.4) is 0 Å². The predicted octanol–water partition coefficient (Wildman–Crippen LogP) is 2.43. The number of hydrogen-bond donors (Lipinski definition) is 2. The molecule has 2 N–H and O–H groups in total. The number of benzene rings is 1. The van der Waals surface area contributed by atoms with Gasteiger partial charge in [-0.15, -0.1) is 0 Å². The SMILES string of the molecule is CC(C)CNC(=O)c1cc(-c2ccccc2O)on1. The van der Waals surface area contributed by atoms with Gasteiger partial charge in [0.2, 0.25) is 0 Å². The van der Waals surface area contributed by atoms with E-state index in [1.807, 2.05) is 13.8 Å². The predicted molar refractivity (Wildman–Crippen MR) is 70.8 cm³/mol. The highest BCUT2D eigenvalue weighted by atomic mass is 16.5. The lowest BCUT2D eigenvalue weighted by atomic mass is 10.1. The van der Waals surface area contributed by atoms with Crippen LogP contribution in [-0.4, -0.2) is 22.7 Å². The van der Waals surface area contributed by atoms with E-state index in [0.717, 1.165) is 0 Å². The van der Waals surface area contributed by atoms with Crippen molar-refractivity contribution in [3.05, 3.63) is 36.0 Å². The Bertz CT molecular complexity index is 576. The summed E-state index contributed by atoms with van der Waals surface area (Å²) in [6.07, 6.45) is 0. The Hall–Kier alpha value is -2.30. The van der Waals surface area contributed by atoms with Gasteiger partial charge in [-0.1, -0.05) is 31.1 Å². The first-order chi connectivity index (χ1) is 9.08. The van der Waals surface area contributed by atoms with Crippen molar-refractivity contribution < 1.29 is 14.4 Å². The van der Waals surface area contributed by atoms with Crippen molar-refractivity contribution in [1.82, 2.24) is 10.5 Å². The number of para-hydroxylation sites is 1. The average molecular weight is 260 g/mol. The Labute approximate surface area is 111 Å². The number of nitrogens with one attached hydrogen (secondary N) is 1. The van der Waals surface area contributed by atoms with E-state index in [-0.39, 0.29) is 17.4 Å². The van der Waals surface area contributed by atoms with Gasteiger partial charge in [0.25, 0.3) is 5.91 Å². The summed E-state index contributed by atoms with van der Waals surface area (Å²) in [5, 5.41) is 16.2. The van der Waals surface area contributed by atoms with Gasteiger partial charge in [0, 0.05) is 12.6 Å². The van der Waals surface area contributed by atoms with Gasteiger partial charge >= 0.3 is 0 Å². The fourth-order valence-electron chi connectivity index (χ4n) is 1.58. The van der Waals surface area contributed by atoms with Crippen LogP contribution in [0.2, 0.25) is 0 Å². The van der Waals surface area contributed by atoms with Crippen LogP contribution >= 0.6 is 0 Å². The molecule has 19 heavy (non-hydrogen) atoms. The van der Waals surface area contributed by atoms with Gasteiger partial charge in [0.05, 0.1) is 5.56 Å². The summed E-state index contributed by atoms with van der Waals surface area (Å²) in [4.78, 5) is 11.8. The van der Waals surface area contributed by atoms with Crippen molar-refractivity contribution >= 4 is 5.91 Å². The fraction of sp³-hybridized carbons (Fsp3) is 0.286. The minimum absolute atomic E-state index is 0.0905. The normalized spacial score (nSPS) is 10.7. The highest BCUT2D eigenvalue weighted by molar-refractivity contribution is 5.93. The number of rotatable bonds is 4. The molecule has 0 aliphatic carbocycles. The number of carbonyl (C=O) groups is 1. The fourth-order valence-corrected chi connectivity index (χ4v) is 1.58. The van der Waals surface area contributed by atoms with Crippen molar-refractivity contribution in [3.8, 4) is 17.1 Å². The van der Waals surface area contributed by atoms with E-state index < -0.39 is 0 Å². The molecule has 5 heteroatoms. The van der Waals surface area contributed by atoms with Gasteiger partial charge in [-0.05, 0) is 18.1 Å². The van der Waals surface area contributed by atoms with E-state index in [0.29, 0.717) is 23.8 Å². The van der Waals surface area contributed by atoms with Crippen LogP contribution in [0.15, 0.2) is 34.9 Å². The number of hydrogen-bond acceptors (Lipinski definition) is 4. The topological polar surface area (TPSA) is 75.4 Å². The second kappa shape index (κ2) is 5.56. The first kappa shape index (κ1) is 13.1. The first-order valence-electron chi connectivity index (χ1n) is 6.11. The van der Waals surface area contributed by atoms with Crippen LogP contribution in [0.4, 0.5) is 0 Å². The maximum absolute atomic E-state index is 11.8. The molecule has 0 spiro atoms. The minimum atomic E-state index is -0.279. The molecule has 0 unspecified atom stereocenters. The number of amides is 1. The molecule has 0 radical (unpaired) electrons. The summed E-state index contributed by atoms with van der Waals surface area (Å²) in [7, 11) is 0. The van der Waals surface area contributed by atoms with Crippen LogP contribution in [0.5, 0.6) is 5.75 Å². The summed E-state index contributed by atoms with van der Waals surface area (Å²) in [5.41, 5.74) is 0.719. The number of phenols is 1. The number of phenolic OH excluding ortho intramolecular Hbond substituents is 1. The average Bonchev–Trinajstić information content (AvgIpc) is 2.86. The van der Waals surface area contributed by atoms with Crippen molar-refractivity contribution in [2.24, 2.45) is 5.92 Å². The largest absolute Gasteiger partial charge is 0.507 e. The zero-order valence-electron chi connectivity index (χ0n) is 10.9. The Morgan fingerprint density at radius 2 is 2.16 bits per heavy atom. The highest BCUT2D eigenvalue weighted by Gasteiger charge is 2.15. The van der Waals surface area contributed by atoms with Crippen molar-refractivity contribution in [3.63, 3.8) is 0 Å². The Morgan fingerprint density at radius 1 is 1.42 bits per heavy atom. The zero-order valence-corrected chi connectivity index (χ0v) is 10.9. The third-order valence-electron chi connectivity index (χ3n) is 2.58. The molecule has 2 aromatic rings. The molecule has 2 rings (SSSR count). The standard InChI is InChI=1S/C14H16N2O3/c1-9(2)8-15-14(18)11-7-13(19-16-11)10-5-3-4-6-12(10)17/h3-7,9,17H,8H2,1-2H3,(H,15,18). The lowest BCUT2D eigenvalue weighted by molar-refractivity contribution is 0.0940. The molecule has 1 amide bonds. The zero-order chi connectivity index (χ0) is 13.8. The molecular formula is C14H16N2O3. The summed E-state index contributed by atoms with van der Waals surface area (Å²) >= 11 is 0. The van der Waals surface area contributed by atoms with E-state index >= 15 is 0 Å². The summed E-state index contributed by atoms with van der Waals surface area (Å²) in [6, 6.07) is 8.26. The molecule has 0 aliphatic rings. The van der Waals surface area contributed by atoms with Gasteiger partial charge < -0.3 is 14.9 Å². The number of carbonyl (C=O) groups excluding carboxylic acids is 1. The van der Waals surface area contributed by atoms with Gasteiger partial charge in [0.15, 0.2) is 11.5 Å². The number of aromatic nitrogens is 1. The molecule has 5 nitrogen and oxygen atoms in total. The molecular weight excluding hydrogens is 244 g/mol. The second-order valence-electron chi connectivity index (χ2n) is 4.70. The third-order valence-corrected chi connectivity index (χ3v) is 2.58. The lowest BCUT2D eigenvalue weighted by Gasteiger charge is -2.04. The third kappa shape index (κ3) is 3.13. The Balaban J connectivity index is 2.15. The van der Waals surface area contributed by atoms with Crippen molar-refractivity contribution in [2.75, 3.05) is 6.54 Å². The lowest BCUT2D eigenvalue weighted by Crippen LogP contribution is -2.27. The van der Waals surface area contributed by atoms with Gasteiger partial charge in [0.1, 0.15) is 5.75 Å². The quantitative estimate of drug-likeness (QED) is 0.885. The van der Waals surface area contributed by atoms with Crippen molar-refractivity contribution in [1.29, 1.82) is 0 Å². The second-order valence-corrected chi connectivity index (χ2v) is 4.70. The van der Waals surface area contributed by atoms with E-state index in [9.17, 15) is 9.90 Å². The van der Waals surface area contributed by atoms with E-state index in [1.54, 1.807) is 24.3 Å². The molecule has 1 aromatic carbocycles. The Kier molecular flexibility index (Phi) is 3.85. The maximum atomic E-state index is 11.8. The molecule has 1 aromatic heterocycles. The van der Waals surface area contributed by atoms with Crippen LogP contribution < -0.4 is 5.32 Å². The van der Waals surface area contributed by atoms with Crippen LogP contribution in [0.25, 0.3) is 11.3 Å². The number of aromatic hydroxyl groups is 1. The maximum Gasteiger partial charge on any atom is 0.273 e. The number of nitrogens with zero attached hydrogens (tertiary/aromatic N) is 1. The molecule has 0 fully saturated rings. The van der Waals surface area contributed by atoms with Gasteiger partial charge in [-0.3, -0.25) is 4.79 Å². The molecule has 0 saturated heterocycles. The molecule has 0 saturated carbocycles. The monoisotopic (exact) mass is 260 g/mol. The molecule has 0 bridgehead atoms. The van der Waals surface area contributed by atoms with E-state index in [4.69, 9.17) is 4.52 Å². The van der Waals surface area contributed by atoms with Gasteiger partial charge in [-0.25, -0.2) is 0 Å². The highest BCUT2D eigenvalue weighted by Crippen LogP contribution is 2.28. The van der Waals surface area contributed by atoms with E-state index in [1.165, 1.54) is 6.07 Å². The van der Waals surface area contributed by atoms with Crippen LogP contribution in [0.1, 0.15) is 24.3 Å². The minimum Gasteiger partial charge on any atom is -0.507 e. The summed E-state index contributed by atoms with van der Waals surface area (Å²) in [6.45, 7) is 4.60.